The minimum absolute atomic E-state index is 0.294. The summed E-state index contributed by atoms with van der Waals surface area (Å²) >= 11 is 0. The lowest BCUT2D eigenvalue weighted by Gasteiger charge is -2.12. The van der Waals surface area contributed by atoms with Gasteiger partial charge in [0.25, 0.3) is 5.91 Å². The van der Waals surface area contributed by atoms with Gasteiger partial charge in [0.1, 0.15) is 5.69 Å². The highest BCUT2D eigenvalue weighted by Gasteiger charge is 2.10. The fourth-order valence-electron chi connectivity index (χ4n) is 1.70. The molecule has 1 aromatic carbocycles. The third-order valence-electron chi connectivity index (χ3n) is 2.71. The summed E-state index contributed by atoms with van der Waals surface area (Å²) in [5.41, 5.74) is 2.23. The molecule has 1 aromatic heterocycles. The van der Waals surface area contributed by atoms with Crippen molar-refractivity contribution in [1.29, 1.82) is 5.26 Å². The lowest BCUT2D eigenvalue weighted by atomic mass is 10.1. The van der Waals surface area contributed by atoms with Crippen LogP contribution in [0.4, 0.5) is 11.4 Å². The van der Waals surface area contributed by atoms with E-state index in [1.54, 1.807) is 18.2 Å². The summed E-state index contributed by atoms with van der Waals surface area (Å²) in [6.07, 6.45) is 3.85. The van der Waals surface area contributed by atoms with E-state index in [-0.39, 0.29) is 5.91 Å². The molecule has 0 spiro atoms. The Hall–Kier alpha value is -2.81. The van der Waals surface area contributed by atoms with Gasteiger partial charge in [-0.2, -0.15) is 5.26 Å². The van der Waals surface area contributed by atoms with E-state index in [0.717, 1.165) is 18.7 Å². The molecule has 0 bridgehead atoms. The lowest BCUT2D eigenvalue weighted by Crippen LogP contribution is -2.14. The van der Waals surface area contributed by atoms with Crippen molar-refractivity contribution in [2.75, 3.05) is 17.2 Å². The molecular weight excluding hydrogens is 254 g/mol. The van der Waals surface area contributed by atoms with Crippen molar-refractivity contribution >= 4 is 17.3 Å². The van der Waals surface area contributed by atoms with E-state index < -0.39 is 0 Å². The molecule has 20 heavy (non-hydrogen) atoms. The third-order valence-corrected chi connectivity index (χ3v) is 2.71. The first-order chi connectivity index (χ1) is 9.74. The number of anilines is 2. The molecule has 0 unspecified atom stereocenters. The summed E-state index contributed by atoms with van der Waals surface area (Å²) < 4.78 is 0. The Labute approximate surface area is 116 Å². The maximum Gasteiger partial charge on any atom is 0.273 e. The number of carbonyl (C=O) groups is 1. The molecule has 0 aliphatic rings. The quantitative estimate of drug-likeness (QED) is 0.776. The summed E-state index contributed by atoms with van der Waals surface area (Å²) in [5, 5.41) is 14.9. The molecule has 0 fully saturated rings. The van der Waals surface area contributed by atoms with Crippen LogP contribution in [0.2, 0.25) is 0 Å². The normalized spacial score (nSPS) is 9.80. The van der Waals surface area contributed by atoms with E-state index >= 15 is 0 Å². The Morgan fingerprint density at radius 1 is 1.45 bits per heavy atom. The van der Waals surface area contributed by atoms with Crippen molar-refractivity contribution < 1.29 is 4.79 Å². The number of hydrogen-bond acceptors (Lipinski definition) is 4. The monoisotopic (exact) mass is 269 g/mol. The number of aromatic amines is 1. The van der Waals surface area contributed by atoms with Gasteiger partial charge >= 0.3 is 0 Å². The zero-order chi connectivity index (χ0) is 14.4. The second kappa shape index (κ2) is 6.38. The summed E-state index contributed by atoms with van der Waals surface area (Å²) in [6, 6.07) is 7.21. The van der Waals surface area contributed by atoms with E-state index in [4.69, 9.17) is 5.26 Å². The lowest BCUT2D eigenvalue weighted by molar-refractivity contribution is 0.102. The van der Waals surface area contributed by atoms with Crippen LogP contribution < -0.4 is 10.6 Å². The first-order valence-electron chi connectivity index (χ1n) is 6.32. The zero-order valence-corrected chi connectivity index (χ0v) is 11.1. The number of hydrogen-bond donors (Lipinski definition) is 3. The molecule has 0 aliphatic carbocycles. The Balaban J connectivity index is 2.23. The van der Waals surface area contributed by atoms with Crippen LogP contribution in [0.3, 0.4) is 0 Å². The summed E-state index contributed by atoms with van der Waals surface area (Å²) in [4.78, 5) is 18.6. The van der Waals surface area contributed by atoms with Gasteiger partial charge in [-0.3, -0.25) is 4.79 Å². The predicted molar refractivity (Wildman–Crippen MR) is 76.5 cm³/mol. The number of amides is 1. The highest BCUT2D eigenvalue weighted by atomic mass is 16.1. The number of nitrogens with zero attached hydrogens (tertiary/aromatic N) is 2. The predicted octanol–water partition coefficient (Wildman–Crippen LogP) is 2.36. The van der Waals surface area contributed by atoms with Crippen molar-refractivity contribution in [3.8, 4) is 6.07 Å². The van der Waals surface area contributed by atoms with Crippen molar-refractivity contribution in [2.24, 2.45) is 0 Å². The second-order valence-electron chi connectivity index (χ2n) is 4.22. The summed E-state index contributed by atoms with van der Waals surface area (Å²) in [6.45, 7) is 2.85. The Morgan fingerprint density at radius 2 is 2.30 bits per heavy atom. The maximum atomic E-state index is 12.0. The third kappa shape index (κ3) is 3.14. The van der Waals surface area contributed by atoms with Crippen LogP contribution in [0.25, 0.3) is 0 Å². The van der Waals surface area contributed by atoms with E-state index in [9.17, 15) is 4.79 Å². The van der Waals surface area contributed by atoms with E-state index in [2.05, 4.69) is 33.6 Å². The summed E-state index contributed by atoms with van der Waals surface area (Å²) in [7, 11) is 0. The number of nitrogens with one attached hydrogen (secondary N) is 3. The molecule has 6 nitrogen and oxygen atoms in total. The Bertz CT molecular complexity index is 628. The number of carbonyl (C=O) groups excluding carboxylic acids is 1. The molecule has 0 saturated carbocycles. The van der Waals surface area contributed by atoms with Gasteiger partial charge in [-0.25, -0.2) is 4.98 Å². The average molecular weight is 269 g/mol. The van der Waals surface area contributed by atoms with Crippen LogP contribution in [-0.2, 0) is 0 Å². The number of rotatable bonds is 5. The molecule has 6 heteroatoms. The molecule has 3 N–H and O–H groups in total. The van der Waals surface area contributed by atoms with Crippen LogP contribution in [0.1, 0.15) is 29.4 Å². The summed E-state index contributed by atoms with van der Waals surface area (Å²) in [5.74, 6) is -0.294. The highest BCUT2D eigenvalue weighted by Crippen LogP contribution is 2.23. The molecule has 2 rings (SSSR count). The fraction of sp³-hybridized carbons (Fsp3) is 0.214. The van der Waals surface area contributed by atoms with Crippen molar-refractivity contribution in [1.82, 2.24) is 9.97 Å². The zero-order valence-electron chi connectivity index (χ0n) is 11.1. The fourth-order valence-corrected chi connectivity index (χ4v) is 1.70. The first-order valence-corrected chi connectivity index (χ1v) is 6.32. The minimum Gasteiger partial charge on any atom is -0.383 e. The molecule has 1 amide bonds. The van der Waals surface area contributed by atoms with Crippen LogP contribution in [-0.4, -0.2) is 22.4 Å². The van der Waals surface area contributed by atoms with Crippen LogP contribution in [0.5, 0.6) is 0 Å². The topological polar surface area (TPSA) is 93.6 Å². The Morgan fingerprint density at radius 3 is 2.95 bits per heavy atom. The second-order valence-corrected chi connectivity index (χ2v) is 4.22. The number of benzene rings is 1. The van der Waals surface area contributed by atoms with Crippen molar-refractivity contribution in [3.63, 3.8) is 0 Å². The van der Waals surface area contributed by atoms with Gasteiger partial charge in [-0.1, -0.05) is 6.92 Å². The van der Waals surface area contributed by atoms with Gasteiger partial charge in [0.15, 0.2) is 0 Å². The van der Waals surface area contributed by atoms with Gasteiger partial charge < -0.3 is 15.6 Å². The van der Waals surface area contributed by atoms with E-state index in [1.165, 1.54) is 12.5 Å². The molecule has 2 aromatic rings. The first kappa shape index (κ1) is 13.6. The molecule has 0 saturated heterocycles. The number of imidazole rings is 1. The molecule has 0 aliphatic heterocycles. The minimum atomic E-state index is -0.294. The van der Waals surface area contributed by atoms with Crippen LogP contribution in [0, 0.1) is 11.3 Å². The van der Waals surface area contributed by atoms with Crippen molar-refractivity contribution in [2.45, 2.75) is 13.3 Å². The maximum absolute atomic E-state index is 12.0. The van der Waals surface area contributed by atoms with Crippen LogP contribution in [0.15, 0.2) is 30.7 Å². The largest absolute Gasteiger partial charge is 0.383 e. The van der Waals surface area contributed by atoms with Gasteiger partial charge in [-0.15, -0.1) is 0 Å². The van der Waals surface area contributed by atoms with E-state index in [1.807, 2.05) is 0 Å². The Kier molecular flexibility index (Phi) is 4.35. The number of nitriles is 1. The number of aromatic nitrogens is 2. The van der Waals surface area contributed by atoms with Crippen molar-refractivity contribution in [3.05, 3.63) is 42.0 Å². The van der Waals surface area contributed by atoms with Gasteiger partial charge in [0.05, 0.1) is 35.5 Å². The average Bonchev–Trinajstić information content (AvgIpc) is 3.00. The molecule has 0 radical (unpaired) electrons. The molecule has 1 heterocycles. The number of H-pyrrole nitrogens is 1. The standard InChI is InChI=1S/C14H15N5O/c1-2-5-17-11-4-3-10(7-15)6-12(11)19-14(20)13-8-16-9-18-13/h3-4,6,8-9,17H,2,5H2,1H3,(H,16,18)(H,19,20). The van der Waals surface area contributed by atoms with E-state index in [0.29, 0.717) is 16.9 Å². The molecule has 0 atom stereocenters. The van der Waals surface area contributed by atoms with Gasteiger partial charge in [0, 0.05) is 6.54 Å². The smallest absolute Gasteiger partial charge is 0.273 e. The molecular formula is C14H15N5O. The van der Waals surface area contributed by atoms with Gasteiger partial charge in [-0.05, 0) is 24.6 Å². The highest BCUT2D eigenvalue weighted by molar-refractivity contribution is 6.04. The SMILES string of the molecule is CCCNc1ccc(C#N)cc1NC(=O)c1cnc[nH]1. The molecule has 102 valence electrons. The van der Waals surface area contributed by atoms with Gasteiger partial charge in [0.2, 0.25) is 0 Å². The van der Waals surface area contributed by atoms with Crippen LogP contribution >= 0.6 is 0 Å².